The predicted octanol–water partition coefficient (Wildman–Crippen LogP) is 1.50. The first kappa shape index (κ1) is 18.8. The summed E-state index contributed by atoms with van der Waals surface area (Å²) in [6.07, 6.45) is 0.993. The lowest BCUT2D eigenvalue weighted by atomic mass is 10.1. The molecule has 1 unspecified atom stereocenters. The zero-order chi connectivity index (χ0) is 16.8. The van der Waals surface area contributed by atoms with E-state index in [0.717, 1.165) is 17.5 Å². The first-order valence-electron chi connectivity index (χ1n) is 7.24. The van der Waals surface area contributed by atoms with Crippen LogP contribution in [-0.4, -0.2) is 53.7 Å². The highest BCUT2D eigenvalue weighted by Crippen LogP contribution is 2.40. The van der Waals surface area contributed by atoms with Gasteiger partial charge in [-0.2, -0.15) is 0 Å². The molecule has 0 aromatic heterocycles. The number of aliphatic hydroxyl groups excluding tert-OH is 1. The van der Waals surface area contributed by atoms with E-state index in [2.05, 4.69) is 5.32 Å². The Morgan fingerprint density at radius 3 is 2.59 bits per heavy atom. The normalized spacial score (nSPS) is 13.0. The van der Waals surface area contributed by atoms with Gasteiger partial charge in [0, 0.05) is 6.54 Å². The lowest BCUT2D eigenvalue weighted by molar-refractivity contribution is -0.166. The van der Waals surface area contributed by atoms with Crippen molar-refractivity contribution in [2.75, 3.05) is 26.5 Å². The SMILES string of the molecule is CCc1cccc(CC(=O)N(O)CNCC(O)P(C)(C)=O)c1. The van der Waals surface area contributed by atoms with Gasteiger partial charge in [-0.25, -0.2) is 5.06 Å². The number of benzene rings is 1. The molecule has 3 N–H and O–H groups in total. The van der Waals surface area contributed by atoms with E-state index in [4.69, 9.17) is 0 Å². The topological polar surface area (TPSA) is 89.9 Å². The maximum absolute atomic E-state index is 11.9. The molecule has 1 atom stereocenters. The molecule has 1 amide bonds. The number of carbonyl (C=O) groups is 1. The first-order chi connectivity index (χ1) is 10.2. The number of hydrogen-bond acceptors (Lipinski definition) is 5. The molecule has 1 rings (SSSR count). The van der Waals surface area contributed by atoms with Crippen LogP contribution in [0.1, 0.15) is 18.1 Å². The smallest absolute Gasteiger partial charge is 0.251 e. The van der Waals surface area contributed by atoms with Crippen molar-refractivity contribution < 1.29 is 19.7 Å². The van der Waals surface area contributed by atoms with Crippen LogP contribution in [0.4, 0.5) is 0 Å². The summed E-state index contributed by atoms with van der Waals surface area (Å²) < 4.78 is 11.6. The van der Waals surface area contributed by atoms with E-state index in [-0.39, 0.29) is 19.6 Å². The highest BCUT2D eigenvalue weighted by atomic mass is 31.2. The number of rotatable bonds is 8. The van der Waals surface area contributed by atoms with E-state index >= 15 is 0 Å². The quantitative estimate of drug-likeness (QED) is 0.291. The molecular weight excluding hydrogens is 303 g/mol. The Morgan fingerprint density at radius 2 is 2.00 bits per heavy atom. The largest absolute Gasteiger partial charge is 0.384 e. The van der Waals surface area contributed by atoms with E-state index in [1.165, 1.54) is 13.3 Å². The Hall–Kier alpha value is -1.20. The van der Waals surface area contributed by atoms with Crippen LogP contribution in [0.2, 0.25) is 0 Å². The van der Waals surface area contributed by atoms with Gasteiger partial charge >= 0.3 is 0 Å². The van der Waals surface area contributed by atoms with Crippen LogP contribution in [0.5, 0.6) is 0 Å². The summed E-state index contributed by atoms with van der Waals surface area (Å²) in [6.45, 7) is 4.95. The number of hydrogen-bond donors (Lipinski definition) is 3. The fraction of sp³-hybridized carbons (Fsp3) is 0.533. The van der Waals surface area contributed by atoms with Crippen LogP contribution in [0.25, 0.3) is 0 Å². The minimum Gasteiger partial charge on any atom is -0.384 e. The Morgan fingerprint density at radius 1 is 1.36 bits per heavy atom. The van der Waals surface area contributed by atoms with Gasteiger partial charge in [0.2, 0.25) is 0 Å². The molecule has 0 fully saturated rings. The van der Waals surface area contributed by atoms with E-state index in [0.29, 0.717) is 5.06 Å². The molecule has 0 aliphatic heterocycles. The zero-order valence-corrected chi connectivity index (χ0v) is 14.2. The lowest BCUT2D eigenvalue weighted by Gasteiger charge is -2.19. The van der Waals surface area contributed by atoms with Crippen LogP contribution >= 0.6 is 7.14 Å². The molecule has 1 aromatic carbocycles. The summed E-state index contributed by atoms with van der Waals surface area (Å²) in [5, 5.41) is 22.6. The predicted molar refractivity (Wildman–Crippen MR) is 86.5 cm³/mol. The second kappa shape index (κ2) is 8.44. The lowest BCUT2D eigenvalue weighted by Crippen LogP contribution is -2.40. The summed E-state index contributed by atoms with van der Waals surface area (Å²) in [5.74, 6) is -1.43. The number of aliphatic hydroxyl groups is 1. The van der Waals surface area contributed by atoms with Gasteiger partial charge in [0.1, 0.15) is 13.0 Å². The molecule has 0 spiro atoms. The molecule has 6 nitrogen and oxygen atoms in total. The minimum atomic E-state index is -2.60. The summed E-state index contributed by atoms with van der Waals surface area (Å²) in [6, 6.07) is 7.65. The minimum absolute atomic E-state index is 0.0555. The molecule has 0 saturated heterocycles. The van der Waals surface area contributed by atoms with Gasteiger partial charge in [-0.1, -0.05) is 31.2 Å². The summed E-state index contributed by atoms with van der Waals surface area (Å²) >= 11 is 0. The molecule has 22 heavy (non-hydrogen) atoms. The molecule has 0 saturated carbocycles. The molecule has 0 aliphatic carbocycles. The Labute approximate surface area is 131 Å². The van der Waals surface area contributed by atoms with Gasteiger partial charge in [-0.3, -0.25) is 15.3 Å². The molecule has 1 aromatic rings. The first-order valence-corrected chi connectivity index (χ1v) is 9.91. The van der Waals surface area contributed by atoms with Crippen LogP contribution in [-0.2, 0) is 22.2 Å². The molecule has 124 valence electrons. The third kappa shape index (κ3) is 6.28. The number of nitrogens with one attached hydrogen (secondary N) is 1. The van der Waals surface area contributed by atoms with Crippen molar-refractivity contribution in [3.05, 3.63) is 35.4 Å². The van der Waals surface area contributed by atoms with Crippen LogP contribution in [0.3, 0.4) is 0 Å². The number of aryl methyl sites for hydroxylation is 1. The fourth-order valence-corrected chi connectivity index (χ4v) is 2.40. The number of amides is 1. The molecule has 0 radical (unpaired) electrons. The molecular formula is C15H25N2O4P. The van der Waals surface area contributed by atoms with Crippen molar-refractivity contribution in [3.63, 3.8) is 0 Å². The van der Waals surface area contributed by atoms with E-state index in [1.807, 2.05) is 31.2 Å². The number of nitrogens with zero attached hydrogens (tertiary/aromatic N) is 1. The van der Waals surface area contributed by atoms with Crippen molar-refractivity contribution in [2.45, 2.75) is 25.6 Å². The summed E-state index contributed by atoms with van der Waals surface area (Å²) in [7, 11) is -2.60. The highest BCUT2D eigenvalue weighted by Gasteiger charge is 2.20. The Bertz CT molecular complexity index is 544. The third-order valence-corrected chi connectivity index (χ3v) is 4.97. The summed E-state index contributed by atoms with van der Waals surface area (Å²) in [4.78, 5) is 11.9. The molecule has 0 aliphatic rings. The van der Waals surface area contributed by atoms with Crippen LogP contribution < -0.4 is 5.32 Å². The Balaban J connectivity index is 2.43. The van der Waals surface area contributed by atoms with Crippen molar-refractivity contribution in [1.29, 1.82) is 0 Å². The molecule has 0 bridgehead atoms. The average molecular weight is 328 g/mol. The fourth-order valence-electron chi connectivity index (χ4n) is 1.83. The second-order valence-electron chi connectivity index (χ2n) is 5.67. The molecule has 0 heterocycles. The van der Waals surface area contributed by atoms with E-state index < -0.39 is 18.9 Å². The van der Waals surface area contributed by atoms with Crippen molar-refractivity contribution in [2.24, 2.45) is 0 Å². The van der Waals surface area contributed by atoms with Crippen molar-refractivity contribution in [1.82, 2.24) is 10.4 Å². The van der Waals surface area contributed by atoms with Crippen LogP contribution in [0, 0.1) is 0 Å². The second-order valence-corrected chi connectivity index (χ2v) is 9.14. The molecule has 7 heteroatoms. The van der Waals surface area contributed by atoms with E-state index in [9.17, 15) is 19.7 Å². The van der Waals surface area contributed by atoms with Crippen molar-refractivity contribution >= 4 is 13.0 Å². The highest BCUT2D eigenvalue weighted by molar-refractivity contribution is 7.62. The van der Waals surface area contributed by atoms with Gasteiger partial charge in [-0.15, -0.1) is 0 Å². The van der Waals surface area contributed by atoms with Gasteiger partial charge in [0.05, 0.1) is 13.1 Å². The van der Waals surface area contributed by atoms with Crippen LogP contribution in [0.15, 0.2) is 24.3 Å². The van der Waals surface area contributed by atoms with Gasteiger partial charge < -0.3 is 9.67 Å². The average Bonchev–Trinajstić information content (AvgIpc) is 2.46. The maximum atomic E-state index is 11.9. The summed E-state index contributed by atoms with van der Waals surface area (Å²) in [5.41, 5.74) is 1.98. The van der Waals surface area contributed by atoms with Gasteiger partial charge in [0.25, 0.3) is 5.91 Å². The Kier molecular flexibility index (Phi) is 7.23. The van der Waals surface area contributed by atoms with E-state index in [1.54, 1.807) is 0 Å². The third-order valence-electron chi connectivity index (χ3n) is 3.35. The zero-order valence-electron chi connectivity index (χ0n) is 13.3. The number of carbonyl (C=O) groups excluding carboxylic acids is 1. The van der Waals surface area contributed by atoms with Gasteiger partial charge in [0.15, 0.2) is 0 Å². The van der Waals surface area contributed by atoms with Crippen molar-refractivity contribution in [3.8, 4) is 0 Å². The monoisotopic (exact) mass is 328 g/mol. The standard InChI is InChI=1S/C15H25N2O4P/c1-4-12-6-5-7-13(8-12)9-14(18)17(20)11-16-10-15(19)22(2,3)21/h5-8,15-16,19-20H,4,9-11H2,1-3H3. The maximum Gasteiger partial charge on any atom is 0.251 e. The number of hydroxylamine groups is 2. The van der Waals surface area contributed by atoms with Gasteiger partial charge in [-0.05, 0) is 30.9 Å².